The van der Waals surface area contributed by atoms with Crippen LogP contribution in [-0.2, 0) is 6.54 Å². The van der Waals surface area contributed by atoms with Crippen LogP contribution in [0.1, 0.15) is 17.3 Å². The van der Waals surface area contributed by atoms with Crippen molar-refractivity contribution in [1.29, 1.82) is 0 Å². The molecule has 0 aliphatic carbocycles. The predicted octanol–water partition coefficient (Wildman–Crippen LogP) is 2.53. The summed E-state index contributed by atoms with van der Waals surface area (Å²) in [6, 6.07) is 7.02. The van der Waals surface area contributed by atoms with Gasteiger partial charge in [-0.05, 0) is 22.7 Å². The smallest absolute Gasteiger partial charge is 0.394 e. The van der Waals surface area contributed by atoms with E-state index in [4.69, 9.17) is 23.2 Å². The highest BCUT2D eigenvalue weighted by Gasteiger charge is 2.39. The molecule has 5 N–H and O–H groups in total. The number of hydrogen-bond acceptors (Lipinski definition) is 7. The third-order valence-electron chi connectivity index (χ3n) is 4.02. The Morgan fingerprint density at radius 2 is 1.96 bits per heavy atom. The Bertz CT molecular complexity index is 854. The van der Waals surface area contributed by atoms with Crippen molar-refractivity contribution in [3.63, 3.8) is 0 Å². The highest BCUT2D eigenvalue weighted by atomic mass is 35.5. The van der Waals surface area contributed by atoms with E-state index in [0.717, 1.165) is 11.8 Å². The fraction of sp³-hybridized carbons (Fsp3) is 0.250. The first-order valence-corrected chi connectivity index (χ1v) is 8.19. The number of anilines is 2. The Balaban J connectivity index is 1.70. The topological polar surface area (TPSA) is 96.3 Å². The summed E-state index contributed by atoms with van der Waals surface area (Å²) >= 11 is 5.76. The Morgan fingerprint density at radius 3 is 2.56 bits per heavy atom. The minimum atomic E-state index is -4.41. The van der Waals surface area contributed by atoms with Crippen LogP contribution in [0.5, 0.6) is 0 Å². The summed E-state index contributed by atoms with van der Waals surface area (Å²) < 4.78 is 38.5. The molecule has 2 heterocycles. The van der Waals surface area contributed by atoms with Crippen molar-refractivity contribution in [3.8, 4) is 0 Å². The van der Waals surface area contributed by atoms with E-state index in [1.165, 1.54) is 16.1 Å². The van der Waals surface area contributed by atoms with E-state index in [2.05, 4.69) is 15.3 Å². The zero-order valence-electron chi connectivity index (χ0n) is 14.2. The third kappa shape index (κ3) is 4.17. The van der Waals surface area contributed by atoms with Gasteiger partial charge in [0.25, 0.3) is 0 Å². The van der Waals surface area contributed by atoms with Crippen LogP contribution < -0.4 is 21.9 Å². The molecule has 1 aromatic heterocycles. The number of nitrogens with zero attached hydrogens (tertiary/aromatic N) is 4. The van der Waals surface area contributed by atoms with E-state index in [9.17, 15) is 13.2 Å². The average Bonchev–Trinajstić information content (AvgIpc) is 3.00. The molecule has 0 saturated carbocycles. The maximum absolute atomic E-state index is 12.8. The lowest BCUT2D eigenvalue weighted by Gasteiger charge is -2.23. The second kappa shape index (κ2) is 7.12. The molecule has 144 valence electrons. The van der Waals surface area contributed by atoms with Gasteiger partial charge in [0.05, 0.1) is 18.4 Å². The van der Waals surface area contributed by atoms with Gasteiger partial charge in [0.2, 0.25) is 5.28 Å². The molecule has 11 heteroatoms. The van der Waals surface area contributed by atoms with Gasteiger partial charge in [-0.1, -0.05) is 24.3 Å². The van der Waals surface area contributed by atoms with Gasteiger partial charge >= 0.3 is 6.18 Å². The predicted molar refractivity (Wildman–Crippen MR) is 96.0 cm³/mol. The van der Waals surface area contributed by atoms with E-state index in [0.29, 0.717) is 5.56 Å². The molecule has 1 aromatic carbocycles. The average molecular weight is 400 g/mol. The lowest BCUT2D eigenvalue weighted by atomic mass is 10.1. The van der Waals surface area contributed by atoms with Crippen molar-refractivity contribution < 1.29 is 13.2 Å². The number of nitrogen functional groups attached to an aromatic ring is 1. The molecule has 0 bridgehead atoms. The van der Waals surface area contributed by atoms with Crippen molar-refractivity contribution >= 4 is 23.1 Å². The van der Waals surface area contributed by atoms with Crippen LogP contribution in [0.15, 0.2) is 42.4 Å². The van der Waals surface area contributed by atoms with E-state index < -0.39 is 18.0 Å². The summed E-state index contributed by atoms with van der Waals surface area (Å²) in [5.41, 5.74) is 6.81. The zero-order valence-corrected chi connectivity index (χ0v) is 15.0. The maximum Gasteiger partial charge on any atom is 0.432 e. The van der Waals surface area contributed by atoms with Crippen LogP contribution in [0, 0.1) is 0 Å². The van der Waals surface area contributed by atoms with Gasteiger partial charge in [0.1, 0.15) is 11.9 Å². The van der Waals surface area contributed by atoms with Crippen LogP contribution in [0.4, 0.5) is 24.7 Å². The molecule has 1 aliphatic heterocycles. The monoisotopic (exact) mass is 399 g/mol. The van der Waals surface area contributed by atoms with Gasteiger partial charge in [-0.25, -0.2) is 10.8 Å². The standard InChI is InChI=1S/C16H17ClF3N7/c1-26-8-12(16(18,19)20)24-13(26)10-4-2-9(3-5-10)7-27(22)14-11(21)6-23-15(17)25-14/h2-6,8,13,24H,7,21-22H2,1H3. The molecule has 1 unspecified atom stereocenters. The Labute approximate surface area is 158 Å². The lowest BCUT2D eigenvalue weighted by Crippen LogP contribution is -2.32. The van der Waals surface area contributed by atoms with Gasteiger partial charge in [-0.2, -0.15) is 18.2 Å². The molecule has 0 saturated heterocycles. The number of nitrogens with two attached hydrogens (primary N) is 2. The van der Waals surface area contributed by atoms with Crippen LogP contribution in [-0.4, -0.2) is 28.1 Å². The summed E-state index contributed by atoms with van der Waals surface area (Å²) in [6.07, 6.45) is -2.61. The number of hydrazine groups is 1. The molecule has 0 radical (unpaired) electrons. The van der Waals surface area contributed by atoms with Gasteiger partial charge < -0.3 is 16.0 Å². The molecular formula is C16H17ClF3N7. The Kier molecular flexibility index (Phi) is 5.03. The number of benzene rings is 1. The maximum atomic E-state index is 12.8. The molecule has 7 nitrogen and oxygen atoms in total. The fourth-order valence-corrected chi connectivity index (χ4v) is 2.84. The first kappa shape index (κ1) is 19.1. The van der Waals surface area contributed by atoms with Gasteiger partial charge in [-0.15, -0.1) is 0 Å². The van der Waals surface area contributed by atoms with Crippen molar-refractivity contribution in [2.45, 2.75) is 18.9 Å². The summed E-state index contributed by atoms with van der Waals surface area (Å²) in [5.74, 6) is 6.28. The second-order valence-electron chi connectivity index (χ2n) is 6.04. The van der Waals surface area contributed by atoms with Gasteiger partial charge in [-0.3, -0.25) is 5.01 Å². The highest BCUT2D eigenvalue weighted by molar-refractivity contribution is 6.28. The number of aromatic nitrogens is 2. The number of allylic oxidation sites excluding steroid dienone is 1. The van der Waals surface area contributed by atoms with Crippen LogP contribution in [0.25, 0.3) is 0 Å². The SMILES string of the molecule is CN1C=C(C(F)(F)F)NC1c1ccc(CN(N)c2nc(Cl)ncc2N)cc1. The zero-order chi connectivity index (χ0) is 19.8. The van der Waals surface area contributed by atoms with Crippen LogP contribution >= 0.6 is 11.6 Å². The molecule has 0 spiro atoms. The first-order chi connectivity index (χ1) is 12.6. The molecule has 0 fully saturated rings. The van der Waals surface area contributed by atoms with Crippen LogP contribution in [0.3, 0.4) is 0 Å². The number of rotatable bonds is 4. The lowest BCUT2D eigenvalue weighted by molar-refractivity contribution is -0.0963. The number of nitrogens with one attached hydrogen (secondary N) is 1. The Morgan fingerprint density at radius 1 is 1.30 bits per heavy atom. The molecule has 2 aromatic rings. The van der Waals surface area contributed by atoms with Crippen molar-refractivity contribution in [1.82, 2.24) is 20.2 Å². The molecule has 27 heavy (non-hydrogen) atoms. The van der Waals surface area contributed by atoms with E-state index in [1.807, 2.05) is 0 Å². The number of hydrogen-bond donors (Lipinski definition) is 3. The van der Waals surface area contributed by atoms with Gasteiger partial charge in [0.15, 0.2) is 5.82 Å². The molecule has 1 aliphatic rings. The summed E-state index contributed by atoms with van der Waals surface area (Å²) in [5, 5.41) is 3.82. The fourth-order valence-electron chi connectivity index (χ4n) is 2.71. The number of alkyl halides is 3. The quantitative estimate of drug-likeness (QED) is 0.413. The minimum absolute atomic E-state index is 0.0216. The molecule has 3 rings (SSSR count). The van der Waals surface area contributed by atoms with Crippen molar-refractivity contribution in [2.75, 3.05) is 17.8 Å². The Hall–Kier alpha value is -2.72. The largest absolute Gasteiger partial charge is 0.432 e. The van der Waals surface area contributed by atoms with Crippen LogP contribution in [0.2, 0.25) is 5.28 Å². The van der Waals surface area contributed by atoms with Gasteiger partial charge in [0, 0.05) is 13.2 Å². The minimum Gasteiger partial charge on any atom is -0.394 e. The van der Waals surface area contributed by atoms with E-state index >= 15 is 0 Å². The van der Waals surface area contributed by atoms with Crippen molar-refractivity contribution in [3.05, 3.63) is 58.8 Å². The van der Waals surface area contributed by atoms with Crippen molar-refractivity contribution in [2.24, 2.45) is 5.84 Å². The van der Waals surface area contributed by atoms with E-state index in [-0.39, 0.29) is 23.3 Å². The highest BCUT2D eigenvalue weighted by Crippen LogP contribution is 2.33. The normalized spacial score (nSPS) is 16.9. The number of halogens is 4. The first-order valence-electron chi connectivity index (χ1n) is 7.81. The molecule has 0 amide bonds. The third-order valence-corrected chi connectivity index (χ3v) is 4.21. The second-order valence-corrected chi connectivity index (χ2v) is 6.38. The summed E-state index contributed by atoms with van der Waals surface area (Å²) in [7, 11) is 1.58. The molecular weight excluding hydrogens is 383 g/mol. The summed E-state index contributed by atoms with van der Waals surface area (Å²) in [6.45, 7) is 0.276. The molecule has 1 atom stereocenters. The van der Waals surface area contributed by atoms with E-state index in [1.54, 1.807) is 31.3 Å². The summed E-state index contributed by atoms with van der Waals surface area (Å²) in [4.78, 5) is 9.23.